The zero-order valence-electron chi connectivity index (χ0n) is 14.9. The van der Waals surface area contributed by atoms with Gasteiger partial charge in [0.2, 0.25) is 5.91 Å². The SMILES string of the molecule is CCOc1cc(/C=C2/CC(=O)NC2=O)cc(Br)c1OCc1ccc(Cl)cc1Cl. The molecule has 2 amide bonds. The Morgan fingerprint density at radius 1 is 1.18 bits per heavy atom. The molecule has 1 heterocycles. The van der Waals surface area contributed by atoms with Gasteiger partial charge >= 0.3 is 0 Å². The summed E-state index contributed by atoms with van der Waals surface area (Å²) in [5.74, 6) is 0.345. The molecule has 28 heavy (non-hydrogen) atoms. The van der Waals surface area contributed by atoms with E-state index < -0.39 is 0 Å². The molecule has 0 spiro atoms. The Hall–Kier alpha value is -2.02. The molecule has 8 heteroatoms. The van der Waals surface area contributed by atoms with Gasteiger partial charge in [0.25, 0.3) is 5.91 Å². The summed E-state index contributed by atoms with van der Waals surface area (Å²) in [5.41, 5.74) is 1.90. The quantitative estimate of drug-likeness (QED) is 0.454. The maximum atomic E-state index is 11.8. The molecule has 2 aromatic rings. The molecule has 1 aliphatic heterocycles. The maximum absolute atomic E-state index is 11.8. The molecule has 3 rings (SSSR count). The highest BCUT2D eigenvalue weighted by molar-refractivity contribution is 9.10. The summed E-state index contributed by atoms with van der Waals surface area (Å²) in [6.07, 6.45) is 1.72. The fourth-order valence-corrected chi connectivity index (χ4v) is 3.72. The summed E-state index contributed by atoms with van der Waals surface area (Å²) in [7, 11) is 0. The Kier molecular flexibility index (Phi) is 6.65. The van der Waals surface area contributed by atoms with Gasteiger partial charge in [-0.1, -0.05) is 29.3 Å². The Morgan fingerprint density at radius 3 is 2.61 bits per heavy atom. The van der Waals surface area contributed by atoms with Gasteiger partial charge in [-0.05, 0) is 58.8 Å². The van der Waals surface area contributed by atoms with E-state index in [9.17, 15) is 9.59 Å². The number of imide groups is 1. The van der Waals surface area contributed by atoms with Crippen molar-refractivity contribution >= 4 is 57.0 Å². The number of halogens is 3. The van der Waals surface area contributed by atoms with E-state index in [4.69, 9.17) is 32.7 Å². The Balaban J connectivity index is 1.87. The molecule has 2 aromatic carbocycles. The van der Waals surface area contributed by atoms with E-state index in [1.54, 1.807) is 36.4 Å². The van der Waals surface area contributed by atoms with Crippen molar-refractivity contribution < 1.29 is 19.1 Å². The Labute approximate surface area is 180 Å². The van der Waals surface area contributed by atoms with E-state index in [2.05, 4.69) is 21.2 Å². The van der Waals surface area contributed by atoms with E-state index in [1.807, 2.05) is 6.92 Å². The molecule has 0 radical (unpaired) electrons. The maximum Gasteiger partial charge on any atom is 0.254 e. The monoisotopic (exact) mass is 483 g/mol. The zero-order chi connectivity index (χ0) is 20.3. The van der Waals surface area contributed by atoms with Crippen molar-refractivity contribution in [1.82, 2.24) is 5.32 Å². The predicted octanol–water partition coefficient (Wildman–Crippen LogP) is 5.16. The largest absolute Gasteiger partial charge is 0.490 e. The molecule has 0 atom stereocenters. The number of carbonyl (C=O) groups is 2. The molecule has 0 aromatic heterocycles. The number of ether oxygens (including phenoxy) is 2. The van der Waals surface area contributed by atoms with Crippen molar-refractivity contribution in [3.8, 4) is 11.5 Å². The first-order valence-electron chi connectivity index (χ1n) is 8.45. The first-order valence-corrected chi connectivity index (χ1v) is 10.00. The lowest BCUT2D eigenvalue weighted by Gasteiger charge is -2.15. The Bertz CT molecular complexity index is 975. The molecule has 1 fully saturated rings. The van der Waals surface area contributed by atoms with Crippen LogP contribution in [-0.4, -0.2) is 18.4 Å². The standard InChI is InChI=1S/C20H16BrCl2NO4/c1-2-27-17-7-11(5-13-8-18(25)24-20(13)26)6-15(21)19(17)28-10-12-3-4-14(22)9-16(12)23/h3-7,9H,2,8,10H2,1H3,(H,24,25,26)/b13-5-. The highest BCUT2D eigenvalue weighted by Gasteiger charge is 2.24. The number of hydrogen-bond donors (Lipinski definition) is 1. The smallest absolute Gasteiger partial charge is 0.254 e. The lowest BCUT2D eigenvalue weighted by Crippen LogP contribution is -2.19. The summed E-state index contributed by atoms with van der Waals surface area (Å²) >= 11 is 15.6. The fraction of sp³-hybridized carbons (Fsp3) is 0.200. The van der Waals surface area contributed by atoms with Gasteiger partial charge in [-0.3, -0.25) is 14.9 Å². The average Bonchev–Trinajstić information content (AvgIpc) is 2.93. The third-order valence-electron chi connectivity index (χ3n) is 3.96. The highest BCUT2D eigenvalue weighted by Crippen LogP contribution is 2.38. The van der Waals surface area contributed by atoms with Crippen LogP contribution in [-0.2, 0) is 16.2 Å². The van der Waals surface area contributed by atoms with Gasteiger partial charge in [0.15, 0.2) is 11.5 Å². The van der Waals surface area contributed by atoms with Gasteiger partial charge in [0.1, 0.15) is 6.61 Å². The van der Waals surface area contributed by atoms with Crippen molar-refractivity contribution in [2.45, 2.75) is 20.0 Å². The van der Waals surface area contributed by atoms with Crippen molar-refractivity contribution in [1.29, 1.82) is 0 Å². The van der Waals surface area contributed by atoms with Gasteiger partial charge in [-0.15, -0.1) is 0 Å². The Morgan fingerprint density at radius 2 is 1.96 bits per heavy atom. The van der Waals surface area contributed by atoms with Gasteiger partial charge in [0.05, 0.1) is 17.5 Å². The number of carbonyl (C=O) groups excluding carboxylic acids is 2. The molecule has 146 valence electrons. The second kappa shape index (κ2) is 8.99. The minimum Gasteiger partial charge on any atom is -0.490 e. The number of hydrogen-bond acceptors (Lipinski definition) is 4. The molecule has 1 aliphatic rings. The lowest BCUT2D eigenvalue weighted by molar-refractivity contribution is -0.124. The van der Waals surface area contributed by atoms with Crippen LogP contribution in [0.2, 0.25) is 10.0 Å². The molecule has 1 N–H and O–H groups in total. The summed E-state index contributed by atoms with van der Waals surface area (Å²) < 4.78 is 12.3. The van der Waals surface area contributed by atoms with Crippen LogP contribution in [0.1, 0.15) is 24.5 Å². The molecule has 1 saturated heterocycles. The van der Waals surface area contributed by atoms with Crippen LogP contribution >= 0.6 is 39.1 Å². The van der Waals surface area contributed by atoms with Crippen LogP contribution in [0.4, 0.5) is 0 Å². The average molecular weight is 485 g/mol. The third kappa shape index (κ3) is 4.87. The van der Waals surface area contributed by atoms with Crippen LogP contribution in [0.3, 0.4) is 0 Å². The minimum absolute atomic E-state index is 0.0632. The van der Waals surface area contributed by atoms with Crippen LogP contribution in [0.5, 0.6) is 11.5 Å². The van der Waals surface area contributed by atoms with Crippen LogP contribution < -0.4 is 14.8 Å². The lowest BCUT2D eigenvalue weighted by atomic mass is 10.1. The predicted molar refractivity (Wildman–Crippen MR) is 112 cm³/mol. The topological polar surface area (TPSA) is 64.6 Å². The van der Waals surface area contributed by atoms with Crippen molar-refractivity contribution in [2.24, 2.45) is 0 Å². The first kappa shape index (κ1) is 20.7. The van der Waals surface area contributed by atoms with E-state index in [0.29, 0.717) is 43.8 Å². The van der Waals surface area contributed by atoms with Gasteiger partial charge in [0, 0.05) is 21.2 Å². The second-order valence-electron chi connectivity index (χ2n) is 6.01. The molecule has 0 unspecified atom stereocenters. The molecule has 0 saturated carbocycles. The third-order valence-corrected chi connectivity index (χ3v) is 5.13. The molecule has 0 bridgehead atoms. The molecule has 0 aliphatic carbocycles. The summed E-state index contributed by atoms with van der Waals surface area (Å²) in [4.78, 5) is 23.1. The van der Waals surface area contributed by atoms with Gasteiger partial charge < -0.3 is 9.47 Å². The number of amides is 2. The van der Waals surface area contributed by atoms with Crippen LogP contribution in [0.15, 0.2) is 40.4 Å². The summed E-state index contributed by atoms with van der Waals surface area (Å²) in [6.45, 7) is 2.53. The summed E-state index contributed by atoms with van der Waals surface area (Å²) in [5, 5.41) is 3.33. The fourth-order valence-electron chi connectivity index (χ4n) is 2.69. The van der Waals surface area contributed by atoms with E-state index in [0.717, 1.165) is 5.56 Å². The molecule has 5 nitrogen and oxygen atoms in total. The van der Waals surface area contributed by atoms with Crippen LogP contribution in [0, 0.1) is 0 Å². The van der Waals surface area contributed by atoms with Gasteiger partial charge in [-0.2, -0.15) is 0 Å². The highest BCUT2D eigenvalue weighted by atomic mass is 79.9. The second-order valence-corrected chi connectivity index (χ2v) is 7.71. The number of benzene rings is 2. The van der Waals surface area contributed by atoms with E-state index >= 15 is 0 Å². The van der Waals surface area contributed by atoms with Crippen molar-refractivity contribution in [2.75, 3.05) is 6.61 Å². The first-order chi connectivity index (χ1) is 13.4. The number of rotatable bonds is 6. The molecular weight excluding hydrogens is 469 g/mol. The minimum atomic E-state index is -0.378. The summed E-state index contributed by atoms with van der Waals surface area (Å²) in [6, 6.07) is 8.76. The van der Waals surface area contributed by atoms with Crippen molar-refractivity contribution in [3.63, 3.8) is 0 Å². The molecular formula is C20H16BrCl2NO4. The van der Waals surface area contributed by atoms with Crippen LogP contribution in [0.25, 0.3) is 6.08 Å². The van der Waals surface area contributed by atoms with Gasteiger partial charge in [-0.25, -0.2) is 0 Å². The van der Waals surface area contributed by atoms with E-state index in [1.165, 1.54) is 0 Å². The van der Waals surface area contributed by atoms with Crippen molar-refractivity contribution in [3.05, 3.63) is 61.5 Å². The zero-order valence-corrected chi connectivity index (χ0v) is 18.0. The van der Waals surface area contributed by atoms with E-state index in [-0.39, 0.29) is 24.8 Å². The normalized spacial score (nSPS) is 15.1. The number of nitrogens with one attached hydrogen (secondary N) is 1.